The molecule has 1 N–H and O–H groups in total. The topological polar surface area (TPSA) is 122 Å². The number of hydrogen-bond acceptors (Lipinski definition) is 8. The molecule has 1 amide bonds. The standard InChI is InChI=1S/C24H23N3O7/c1-31-19-9-10-20(22(13-19)32-2)24(28)26-25-14-17-6-11-21(23(12-17)33-3)34-15-16-4-7-18(8-5-16)27(29)30/h4-14H,15H2,1-3H3,(H,26,28). The van der Waals surface area contributed by atoms with Crippen molar-refractivity contribution >= 4 is 17.8 Å². The first-order valence-corrected chi connectivity index (χ1v) is 10.0. The first kappa shape index (κ1) is 24.1. The summed E-state index contributed by atoms with van der Waals surface area (Å²) in [4.78, 5) is 22.7. The molecule has 176 valence electrons. The molecular formula is C24H23N3O7. The summed E-state index contributed by atoms with van der Waals surface area (Å²) in [5.41, 5.74) is 4.23. The minimum Gasteiger partial charge on any atom is -0.497 e. The highest BCUT2D eigenvalue weighted by molar-refractivity contribution is 5.97. The summed E-state index contributed by atoms with van der Waals surface area (Å²) in [6, 6.07) is 16.1. The third-order valence-electron chi connectivity index (χ3n) is 4.76. The van der Waals surface area contributed by atoms with Crippen LogP contribution in [0.5, 0.6) is 23.0 Å². The first-order valence-electron chi connectivity index (χ1n) is 10.0. The molecule has 10 nitrogen and oxygen atoms in total. The molecule has 3 aromatic carbocycles. The van der Waals surface area contributed by atoms with Crippen molar-refractivity contribution in [1.82, 2.24) is 5.43 Å². The van der Waals surface area contributed by atoms with Crippen LogP contribution in [0, 0.1) is 10.1 Å². The molecule has 0 aliphatic heterocycles. The zero-order valence-electron chi connectivity index (χ0n) is 18.8. The summed E-state index contributed by atoms with van der Waals surface area (Å²) in [5, 5.41) is 14.8. The van der Waals surface area contributed by atoms with Crippen LogP contribution in [-0.4, -0.2) is 38.4 Å². The molecule has 0 bridgehead atoms. The fraction of sp³-hybridized carbons (Fsp3) is 0.167. The van der Waals surface area contributed by atoms with Crippen molar-refractivity contribution in [2.24, 2.45) is 5.10 Å². The van der Waals surface area contributed by atoms with E-state index in [1.165, 1.54) is 39.7 Å². The third kappa shape index (κ3) is 6.00. The lowest BCUT2D eigenvalue weighted by molar-refractivity contribution is -0.384. The SMILES string of the molecule is COc1ccc(C(=O)NN=Cc2ccc(OCc3ccc([N+](=O)[O-])cc3)c(OC)c2)c(OC)c1. The van der Waals surface area contributed by atoms with Gasteiger partial charge < -0.3 is 18.9 Å². The van der Waals surface area contributed by atoms with Crippen molar-refractivity contribution in [1.29, 1.82) is 0 Å². The predicted molar refractivity (Wildman–Crippen MR) is 125 cm³/mol. The van der Waals surface area contributed by atoms with Gasteiger partial charge in [0.1, 0.15) is 18.1 Å². The van der Waals surface area contributed by atoms with E-state index < -0.39 is 10.8 Å². The summed E-state index contributed by atoms with van der Waals surface area (Å²) < 4.78 is 21.5. The average Bonchev–Trinajstić information content (AvgIpc) is 2.87. The van der Waals surface area contributed by atoms with Crippen LogP contribution in [0.2, 0.25) is 0 Å². The highest BCUT2D eigenvalue weighted by atomic mass is 16.6. The van der Waals surface area contributed by atoms with Gasteiger partial charge in [-0.1, -0.05) is 0 Å². The van der Waals surface area contributed by atoms with Gasteiger partial charge in [-0.25, -0.2) is 5.43 Å². The van der Waals surface area contributed by atoms with Crippen molar-refractivity contribution in [3.8, 4) is 23.0 Å². The van der Waals surface area contributed by atoms with Crippen molar-refractivity contribution < 1.29 is 28.7 Å². The van der Waals surface area contributed by atoms with Crippen LogP contribution in [0.1, 0.15) is 21.5 Å². The molecule has 0 atom stereocenters. The van der Waals surface area contributed by atoms with E-state index in [9.17, 15) is 14.9 Å². The molecule has 0 spiro atoms. The van der Waals surface area contributed by atoms with Gasteiger partial charge in [-0.3, -0.25) is 14.9 Å². The van der Waals surface area contributed by atoms with Gasteiger partial charge in [-0.15, -0.1) is 0 Å². The summed E-state index contributed by atoms with van der Waals surface area (Å²) in [6.07, 6.45) is 1.47. The molecule has 34 heavy (non-hydrogen) atoms. The van der Waals surface area contributed by atoms with E-state index in [0.717, 1.165) is 5.56 Å². The smallest absolute Gasteiger partial charge is 0.275 e. The highest BCUT2D eigenvalue weighted by Gasteiger charge is 2.13. The molecule has 0 heterocycles. The van der Waals surface area contributed by atoms with Gasteiger partial charge in [-0.05, 0) is 53.6 Å². The summed E-state index contributed by atoms with van der Waals surface area (Å²) in [7, 11) is 4.50. The van der Waals surface area contributed by atoms with Gasteiger partial charge in [0.2, 0.25) is 0 Å². The molecule has 0 fully saturated rings. The number of nitrogens with zero attached hydrogens (tertiary/aromatic N) is 2. The number of hydrazone groups is 1. The second-order valence-electron chi connectivity index (χ2n) is 6.89. The molecule has 0 unspecified atom stereocenters. The summed E-state index contributed by atoms with van der Waals surface area (Å²) in [6.45, 7) is 0.210. The molecule has 3 rings (SSSR count). The average molecular weight is 465 g/mol. The number of ether oxygens (including phenoxy) is 4. The Morgan fingerprint density at radius 3 is 2.32 bits per heavy atom. The Balaban J connectivity index is 1.63. The minimum atomic E-state index is -0.454. The molecular weight excluding hydrogens is 442 g/mol. The quantitative estimate of drug-likeness (QED) is 0.273. The number of nitro benzene ring substituents is 1. The highest BCUT2D eigenvalue weighted by Crippen LogP contribution is 2.29. The van der Waals surface area contributed by atoms with Gasteiger partial charge in [0.15, 0.2) is 11.5 Å². The molecule has 3 aromatic rings. The number of nitro groups is 1. The fourth-order valence-corrected chi connectivity index (χ4v) is 2.97. The number of hydrogen-bond donors (Lipinski definition) is 1. The molecule has 10 heteroatoms. The monoisotopic (exact) mass is 465 g/mol. The van der Waals surface area contributed by atoms with Crippen LogP contribution in [0.15, 0.2) is 65.8 Å². The maximum absolute atomic E-state index is 12.4. The first-order chi connectivity index (χ1) is 16.4. The number of carbonyl (C=O) groups excluding carboxylic acids is 1. The molecule has 0 saturated heterocycles. The maximum atomic E-state index is 12.4. The number of carbonyl (C=O) groups is 1. The zero-order chi connectivity index (χ0) is 24.5. The number of nitrogens with one attached hydrogen (secondary N) is 1. The van der Waals surface area contributed by atoms with E-state index in [2.05, 4.69) is 10.5 Å². The second-order valence-corrected chi connectivity index (χ2v) is 6.89. The summed E-state index contributed by atoms with van der Waals surface area (Å²) in [5.74, 6) is 1.45. The van der Waals surface area contributed by atoms with Crippen LogP contribution in [0.3, 0.4) is 0 Å². The van der Waals surface area contributed by atoms with Crippen molar-refractivity contribution in [3.63, 3.8) is 0 Å². The van der Waals surface area contributed by atoms with Gasteiger partial charge in [0.25, 0.3) is 11.6 Å². The molecule has 0 aromatic heterocycles. The van der Waals surface area contributed by atoms with Gasteiger partial charge in [0, 0.05) is 18.2 Å². The Bertz CT molecular complexity index is 1190. The third-order valence-corrected chi connectivity index (χ3v) is 4.76. The lowest BCUT2D eigenvalue weighted by Crippen LogP contribution is -2.18. The van der Waals surface area contributed by atoms with Gasteiger partial charge >= 0.3 is 0 Å². The lowest BCUT2D eigenvalue weighted by Gasteiger charge is -2.11. The number of amides is 1. The van der Waals surface area contributed by atoms with Crippen LogP contribution < -0.4 is 24.4 Å². The minimum absolute atomic E-state index is 0.0162. The Hall–Kier alpha value is -4.60. The molecule has 0 aliphatic rings. The largest absolute Gasteiger partial charge is 0.497 e. The van der Waals surface area contributed by atoms with E-state index in [4.69, 9.17) is 18.9 Å². The Morgan fingerprint density at radius 1 is 0.941 bits per heavy atom. The van der Waals surface area contributed by atoms with Crippen LogP contribution in [0.25, 0.3) is 0 Å². The normalized spacial score (nSPS) is 10.6. The molecule has 0 saturated carbocycles. The summed E-state index contributed by atoms with van der Waals surface area (Å²) >= 11 is 0. The number of methoxy groups -OCH3 is 3. The van der Waals surface area contributed by atoms with E-state index in [-0.39, 0.29) is 12.3 Å². The molecule has 0 radical (unpaired) electrons. The van der Waals surface area contributed by atoms with E-state index >= 15 is 0 Å². The van der Waals surface area contributed by atoms with Crippen LogP contribution >= 0.6 is 0 Å². The second kappa shape index (κ2) is 11.3. The van der Waals surface area contributed by atoms with Crippen molar-refractivity contribution in [2.45, 2.75) is 6.61 Å². The maximum Gasteiger partial charge on any atom is 0.275 e. The van der Waals surface area contributed by atoms with Gasteiger partial charge in [-0.2, -0.15) is 5.10 Å². The van der Waals surface area contributed by atoms with Crippen molar-refractivity contribution in [3.05, 3.63) is 87.5 Å². The zero-order valence-corrected chi connectivity index (χ0v) is 18.8. The van der Waals surface area contributed by atoms with Crippen LogP contribution in [0.4, 0.5) is 5.69 Å². The number of benzene rings is 3. The number of rotatable bonds is 10. The molecule has 0 aliphatic carbocycles. The Kier molecular flexibility index (Phi) is 8.01. The van der Waals surface area contributed by atoms with E-state index in [1.54, 1.807) is 48.5 Å². The van der Waals surface area contributed by atoms with E-state index in [0.29, 0.717) is 34.1 Å². The fourth-order valence-electron chi connectivity index (χ4n) is 2.97. The van der Waals surface area contributed by atoms with Crippen molar-refractivity contribution in [2.75, 3.05) is 21.3 Å². The van der Waals surface area contributed by atoms with Crippen LogP contribution in [-0.2, 0) is 6.61 Å². The predicted octanol–water partition coefficient (Wildman–Crippen LogP) is 3.96. The Labute approximate surface area is 195 Å². The Morgan fingerprint density at radius 2 is 1.68 bits per heavy atom. The number of non-ortho nitro benzene ring substituents is 1. The van der Waals surface area contributed by atoms with E-state index in [1.807, 2.05) is 0 Å². The lowest BCUT2D eigenvalue weighted by atomic mass is 10.2. The van der Waals surface area contributed by atoms with Gasteiger partial charge in [0.05, 0.1) is 38.0 Å².